The van der Waals surface area contributed by atoms with E-state index in [1.807, 2.05) is 13.8 Å². The summed E-state index contributed by atoms with van der Waals surface area (Å²) < 4.78 is 0. The number of aromatic amines is 1. The van der Waals surface area contributed by atoms with E-state index in [4.69, 9.17) is 5.73 Å². The normalized spacial score (nSPS) is 23.0. The number of carbonyl (C=O) groups excluding carboxylic acids is 1. The van der Waals surface area contributed by atoms with Gasteiger partial charge in [-0.25, -0.2) is 0 Å². The number of nitrogen functional groups attached to an aromatic ring is 1. The lowest BCUT2D eigenvalue weighted by molar-refractivity contribution is 0.0932. The van der Waals surface area contributed by atoms with E-state index in [2.05, 4.69) is 22.4 Å². The van der Waals surface area contributed by atoms with Crippen molar-refractivity contribution < 1.29 is 4.79 Å². The zero-order chi connectivity index (χ0) is 14.7. The summed E-state index contributed by atoms with van der Waals surface area (Å²) in [6.07, 6.45) is 5.06. The third-order valence-corrected chi connectivity index (χ3v) is 4.44. The van der Waals surface area contributed by atoms with Gasteiger partial charge in [0.2, 0.25) is 0 Å². The number of hydrogen-bond acceptors (Lipinski definition) is 3. The van der Waals surface area contributed by atoms with E-state index in [0.29, 0.717) is 23.2 Å². The monoisotopic (exact) mass is 278 g/mol. The molecule has 1 aliphatic rings. The summed E-state index contributed by atoms with van der Waals surface area (Å²) in [4.78, 5) is 12.2. The van der Waals surface area contributed by atoms with E-state index >= 15 is 0 Å². The topological polar surface area (TPSA) is 83.8 Å². The molecular formula is C15H26N4O. The fraction of sp³-hybridized carbons (Fsp3) is 0.733. The Morgan fingerprint density at radius 3 is 2.75 bits per heavy atom. The van der Waals surface area contributed by atoms with Crippen molar-refractivity contribution in [1.29, 1.82) is 0 Å². The molecule has 4 N–H and O–H groups in total. The van der Waals surface area contributed by atoms with E-state index in [1.54, 1.807) is 0 Å². The smallest absolute Gasteiger partial charge is 0.273 e. The molecule has 1 aliphatic carbocycles. The quantitative estimate of drug-likeness (QED) is 0.791. The van der Waals surface area contributed by atoms with Crippen LogP contribution in [-0.4, -0.2) is 22.6 Å². The van der Waals surface area contributed by atoms with Crippen LogP contribution in [-0.2, 0) is 0 Å². The summed E-state index contributed by atoms with van der Waals surface area (Å²) in [7, 11) is 0. The zero-order valence-electron chi connectivity index (χ0n) is 12.7. The molecule has 1 fully saturated rings. The van der Waals surface area contributed by atoms with Crippen LogP contribution >= 0.6 is 0 Å². The van der Waals surface area contributed by atoms with E-state index in [0.717, 1.165) is 12.2 Å². The lowest BCUT2D eigenvalue weighted by Gasteiger charge is -2.28. The van der Waals surface area contributed by atoms with Gasteiger partial charge in [-0.1, -0.05) is 40.0 Å². The molecule has 1 heterocycles. The average Bonchev–Trinajstić information content (AvgIpc) is 2.79. The number of aromatic nitrogens is 2. The van der Waals surface area contributed by atoms with Gasteiger partial charge >= 0.3 is 0 Å². The highest BCUT2D eigenvalue weighted by Crippen LogP contribution is 2.29. The molecule has 20 heavy (non-hydrogen) atoms. The number of H-pyrrole nitrogens is 1. The molecule has 0 bridgehead atoms. The van der Waals surface area contributed by atoms with Gasteiger partial charge in [0, 0.05) is 6.54 Å². The first kappa shape index (κ1) is 14.9. The second-order valence-corrected chi connectivity index (χ2v) is 6.29. The molecule has 0 saturated heterocycles. The number of amides is 1. The number of anilines is 1. The van der Waals surface area contributed by atoms with Crippen LogP contribution in [0.15, 0.2) is 0 Å². The van der Waals surface area contributed by atoms with Crippen molar-refractivity contribution in [2.45, 2.75) is 52.4 Å². The molecule has 0 radical (unpaired) electrons. The van der Waals surface area contributed by atoms with E-state index in [9.17, 15) is 4.79 Å². The zero-order valence-corrected chi connectivity index (χ0v) is 12.7. The highest BCUT2D eigenvalue weighted by Gasteiger charge is 2.23. The third-order valence-electron chi connectivity index (χ3n) is 4.44. The summed E-state index contributed by atoms with van der Waals surface area (Å²) in [6.45, 7) is 7.05. The van der Waals surface area contributed by atoms with Crippen molar-refractivity contribution in [3.05, 3.63) is 11.4 Å². The highest BCUT2D eigenvalue weighted by atomic mass is 16.1. The Hall–Kier alpha value is -1.52. The van der Waals surface area contributed by atoms with Gasteiger partial charge in [0.05, 0.1) is 11.4 Å². The molecule has 5 nitrogen and oxygen atoms in total. The number of nitrogens with two attached hydrogens (primary N) is 1. The summed E-state index contributed by atoms with van der Waals surface area (Å²) >= 11 is 0. The number of nitrogens with one attached hydrogen (secondary N) is 2. The lowest BCUT2D eigenvalue weighted by Crippen LogP contribution is -2.33. The maximum atomic E-state index is 12.2. The van der Waals surface area contributed by atoms with Gasteiger partial charge in [-0.3, -0.25) is 9.89 Å². The first-order valence-corrected chi connectivity index (χ1v) is 7.62. The van der Waals surface area contributed by atoms with Gasteiger partial charge in [-0.2, -0.15) is 5.10 Å². The third kappa shape index (κ3) is 3.14. The van der Waals surface area contributed by atoms with Crippen LogP contribution < -0.4 is 11.1 Å². The second-order valence-electron chi connectivity index (χ2n) is 6.29. The SMILES string of the molecule is CC(C)c1[nH]nc(C(=O)NCC2CCCCC2C)c1N. The van der Waals surface area contributed by atoms with Gasteiger partial charge in [0.1, 0.15) is 0 Å². The predicted molar refractivity (Wildman–Crippen MR) is 80.5 cm³/mol. The molecular weight excluding hydrogens is 252 g/mol. The van der Waals surface area contributed by atoms with Crippen molar-refractivity contribution in [2.24, 2.45) is 11.8 Å². The Morgan fingerprint density at radius 2 is 2.15 bits per heavy atom. The van der Waals surface area contributed by atoms with Gasteiger partial charge in [-0.05, 0) is 24.2 Å². The summed E-state index contributed by atoms with van der Waals surface area (Å²) in [5.41, 5.74) is 7.63. The molecule has 112 valence electrons. The molecule has 5 heteroatoms. The molecule has 1 amide bonds. The number of rotatable bonds is 4. The average molecular weight is 278 g/mol. The first-order valence-electron chi connectivity index (χ1n) is 7.62. The minimum Gasteiger partial charge on any atom is -0.395 e. The van der Waals surface area contributed by atoms with Crippen molar-refractivity contribution in [3.63, 3.8) is 0 Å². The summed E-state index contributed by atoms with van der Waals surface area (Å²) in [5, 5.41) is 9.91. The van der Waals surface area contributed by atoms with E-state index in [-0.39, 0.29) is 11.8 Å². The van der Waals surface area contributed by atoms with Crippen LogP contribution in [0.3, 0.4) is 0 Å². The van der Waals surface area contributed by atoms with Gasteiger partial charge in [0.25, 0.3) is 5.91 Å². The molecule has 0 aliphatic heterocycles. The minimum atomic E-state index is -0.163. The van der Waals surface area contributed by atoms with Gasteiger partial charge < -0.3 is 11.1 Å². The summed E-state index contributed by atoms with van der Waals surface area (Å²) in [6, 6.07) is 0. The maximum Gasteiger partial charge on any atom is 0.273 e. The number of carbonyl (C=O) groups is 1. The summed E-state index contributed by atoms with van der Waals surface area (Å²) in [5.74, 6) is 1.34. The van der Waals surface area contributed by atoms with Crippen LogP contribution in [0.4, 0.5) is 5.69 Å². The fourth-order valence-corrected chi connectivity index (χ4v) is 2.98. The Morgan fingerprint density at radius 1 is 1.45 bits per heavy atom. The van der Waals surface area contributed by atoms with E-state index < -0.39 is 0 Å². The molecule has 0 spiro atoms. The predicted octanol–water partition coefficient (Wildman–Crippen LogP) is 2.67. The molecule has 2 rings (SSSR count). The first-order chi connectivity index (χ1) is 9.50. The lowest BCUT2D eigenvalue weighted by atomic mass is 9.80. The van der Waals surface area contributed by atoms with Crippen LogP contribution in [0.25, 0.3) is 0 Å². The highest BCUT2D eigenvalue weighted by molar-refractivity contribution is 5.97. The van der Waals surface area contributed by atoms with Crippen molar-refractivity contribution in [1.82, 2.24) is 15.5 Å². The van der Waals surface area contributed by atoms with Crippen molar-refractivity contribution in [2.75, 3.05) is 12.3 Å². The Balaban J connectivity index is 1.95. The molecule has 2 unspecified atom stereocenters. The molecule has 1 saturated carbocycles. The maximum absolute atomic E-state index is 12.2. The fourth-order valence-electron chi connectivity index (χ4n) is 2.98. The number of nitrogens with zero attached hydrogens (tertiary/aromatic N) is 1. The standard InChI is InChI=1S/C15H26N4O/c1-9(2)13-12(16)14(19-18-13)15(20)17-8-11-7-5-4-6-10(11)3/h9-11H,4-8,16H2,1-3H3,(H,17,20)(H,18,19). The van der Waals surface area contributed by atoms with Crippen molar-refractivity contribution >= 4 is 11.6 Å². The van der Waals surface area contributed by atoms with Gasteiger partial charge in [-0.15, -0.1) is 0 Å². The largest absolute Gasteiger partial charge is 0.395 e. The van der Waals surface area contributed by atoms with Crippen LogP contribution in [0.2, 0.25) is 0 Å². The molecule has 1 aromatic rings. The molecule has 2 atom stereocenters. The van der Waals surface area contributed by atoms with E-state index in [1.165, 1.54) is 25.7 Å². The molecule has 1 aromatic heterocycles. The minimum absolute atomic E-state index is 0.163. The Kier molecular flexibility index (Phi) is 4.68. The Bertz CT molecular complexity index is 466. The van der Waals surface area contributed by atoms with Crippen molar-refractivity contribution in [3.8, 4) is 0 Å². The Labute approximate surface area is 120 Å². The van der Waals surface area contributed by atoms with Crippen LogP contribution in [0.5, 0.6) is 0 Å². The van der Waals surface area contributed by atoms with Crippen LogP contribution in [0, 0.1) is 11.8 Å². The van der Waals surface area contributed by atoms with Crippen LogP contribution in [0.1, 0.15) is 68.6 Å². The van der Waals surface area contributed by atoms with Gasteiger partial charge in [0.15, 0.2) is 5.69 Å². The molecule has 0 aromatic carbocycles. The second kappa shape index (κ2) is 6.29. The number of hydrogen-bond donors (Lipinski definition) is 3.